The van der Waals surface area contributed by atoms with Crippen molar-refractivity contribution in [1.29, 1.82) is 0 Å². The zero-order valence-corrected chi connectivity index (χ0v) is 12.2. The zero-order valence-electron chi connectivity index (χ0n) is 12.2. The minimum Gasteiger partial charge on any atom is -0.347 e. The van der Waals surface area contributed by atoms with Crippen molar-refractivity contribution in [2.24, 2.45) is 11.8 Å². The second kappa shape index (κ2) is 3.40. The van der Waals surface area contributed by atoms with E-state index in [2.05, 4.69) is 0 Å². The molecule has 4 aliphatic rings. The van der Waals surface area contributed by atoms with Crippen LogP contribution in [0.25, 0.3) is 0 Å². The average molecular weight is 286 g/mol. The number of methoxy groups -OCH3 is 2. The lowest BCUT2D eigenvalue weighted by atomic mass is 9.64. The molecule has 1 aliphatic heterocycles. The van der Waals surface area contributed by atoms with E-state index < -0.39 is 17.0 Å². The number of ketones is 1. The Bertz CT molecular complexity index is 665. The van der Waals surface area contributed by atoms with E-state index in [1.807, 2.05) is 24.3 Å². The lowest BCUT2D eigenvalue weighted by Crippen LogP contribution is -2.59. The summed E-state index contributed by atoms with van der Waals surface area (Å²) in [7, 11) is 3.31. The van der Waals surface area contributed by atoms with Crippen molar-refractivity contribution in [2.45, 2.75) is 36.3 Å². The molecular formula is C17H18O4. The number of Topliss-reactive ketones (excluding diaryl/α,β-unsaturated/α-hetero) is 1. The first-order chi connectivity index (χ1) is 10.2. The van der Waals surface area contributed by atoms with Gasteiger partial charge in [0.25, 0.3) is 0 Å². The Balaban J connectivity index is 1.86. The quantitative estimate of drug-likeness (QED) is 0.618. The first-order valence-corrected chi connectivity index (χ1v) is 7.62. The summed E-state index contributed by atoms with van der Waals surface area (Å²) in [6, 6.07) is 7.63. The third-order valence-electron chi connectivity index (χ3n) is 6.34. The van der Waals surface area contributed by atoms with Crippen LogP contribution in [0.3, 0.4) is 0 Å². The standard InChI is InChI=1S/C17H18O4/c1-19-17(20-2)13-6-4-3-5-12(13)14(18)15-10-7-8-11(9-10)16(15,17)21-15/h3-6,10-11H,7-9H2,1-2H3/t10-,11-,15+,16-/m0/s1. The van der Waals surface area contributed by atoms with Crippen molar-refractivity contribution in [2.75, 3.05) is 14.2 Å². The van der Waals surface area contributed by atoms with E-state index in [1.54, 1.807) is 14.2 Å². The lowest BCUT2D eigenvalue weighted by Gasteiger charge is -2.44. The molecule has 0 spiro atoms. The van der Waals surface area contributed by atoms with E-state index in [1.165, 1.54) is 0 Å². The van der Waals surface area contributed by atoms with Crippen molar-refractivity contribution in [3.63, 3.8) is 0 Å². The molecule has 0 unspecified atom stereocenters. The van der Waals surface area contributed by atoms with Gasteiger partial charge in [0.2, 0.25) is 5.79 Å². The summed E-state index contributed by atoms with van der Waals surface area (Å²) >= 11 is 0. The van der Waals surface area contributed by atoms with Crippen LogP contribution in [-0.2, 0) is 20.0 Å². The van der Waals surface area contributed by atoms with Crippen LogP contribution in [-0.4, -0.2) is 31.2 Å². The van der Waals surface area contributed by atoms with E-state index in [0.29, 0.717) is 17.4 Å². The van der Waals surface area contributed by atoms with Gasteiger partial charge in [-0.05, 0) is 31.1 Å². The maximum absolute atomic E-state index is 13.1. The summed E-state index contributed by atoms with van der Waals surface area (Å²) < 4.78 is 18.1. The highest BCUT2D eigenvalue weighted by atomic mass is 16.8. The maximum Gasteiger partial charge on any atom is 0.229 e. The molecule has 4 nitrogen and oxygen atoms in total. The van der Waals surface area contributed by atoms with Gasteiger partial charge in [0, 0.05) is 25.3 Å². The van der Waals surface area contributed by atoms with Gasteiger partial charge in [-0.3, -0.25) is 4.79 Å². The molecule has 0 radical (unpaired) electrons. The number of fused-ring (bicyclic) bond motifs is 3. The van der Waals surface area contributed by atoms with Crippen molar-refractivity contribution in [3.8, 4) is 0 Å². The van der Waals surface area contributed by atoms with Crippen LogP contribution in [0.5, 0.6) is 0 Å². The number of ether oxygens (including phenoxy) is 3. The summed E-state index contributed by atoms with van der Waals surface area (Å²) in [6.45, 7) is 0. The van der Waals surface area contributed by atoms with Gasteiger partial charge in [-0.1, -0.05) is 24.3 Å². The molecule has 5 rings (SSSR count). The molecule has 4 atom stereocenters. The van der Waals surface area contributed by atoms with E-state index >= 15 is 0 Å². The Labute approximate surface area is 123 Å². The maximum atomic E-state index is 13.1. The molecule has 1 aromatic carbocycles. The molecule has 2 bridgehead atoms. The number of rotatable bonds is 2. The van der Waals surface area contributed by atoms with E-state index in [9.17, 15) is 4.79 Å². The molecule has 3 fully saturated rings. The third kappa shape index (κ3) is 0.944. The van der Waals surface area contributed by atoms with Crippen molar-refractivity contribution >= 4 is 5.78 Å². The minimum absolute atomic E-state index is 0.134. The topological polar surface area (TPSA) is 48.1 Å². The van der Waals surface area contributed by atoms with Crippen molar-refractivity contribution in [1.82, 2.24) is 0 Å². The van der Waals surface area contributed by atoms with Crippen LogP contribution in [0.2, 0.25) is 0 Å². The van der Waals surface area contributed by atoms with Crippen LogP contribution in [0, 0.1) is 11.8 Å². The normalized spacial score (nSPS) is 44.2. The van der Waals surface area contributed by atoms with Gasteiger partial charge in [0.1, 0.15) is 0 Å². The molecule has 0 N–H and O–H groups in total. The van der Waals surface area contributed by atoms with Crippen LogP contribution < -0.4 is 0 Å². The summed E-state index contributed by atoms with van der Waals surface area (Å²) in [5.74, 6) is -0.167. The lowest BCUT2D eigenvalue weighted by molar-refractivity contribution is -0.266. The van der Waals surface area contributed by atoms with Gasteiger partial charge in [0.05, 0.1) is 0 Å². The molecule has 1 saturated heterocycles. The molecule has 21 heavy (non-hydrogen) atoms. The highest BCUT2D eigenvalue weighted by Crippen LogP contribution is 2.79. The van der Waals surface area contributed by atoms with Crippen molar-refractivity contribution < 1.29 is 19.0 Å². The number of carbonyl (C=O) groups excluding carboxylic acids is 1. The van der Waals surface area contributed by atoms with Crippen molar-refractivity contribution in [3.05, 3.63) is 35.4 Å². The molecular weight excluding hydrogens is 268 g/mol. The van der Waals surface area contributed by atoms with Crippen LogP contribution in [0.1, 0.15) is 35.2 Å². The molecule has 4 heteroatoms. The first-order valence-electron chi connectivity index (χ1n) is 7.62. The molecule has 110 valence electrons. The number of carbonyl (C=O) groups is 1. The molecule has 1 aromatic rings. The Morgan fingerprint density at radius 2 is 1.86 bits per heavy atom. The predicted octanol–water partition coefficient (Wildman–Crippen LogP) is 2.27. The number of hydrogen-bond donors (Lipinski definition) is 0. The number of benzene rings is 1. The minimum atomic E-state index is -0.961. The first kappa shape index (κ1) is 12.3. The van der Waals surface area contributed by atoms with Gasteiger partial charge in [-0.25, -0.2) is 0 Å². The Hall–Kier alpha value is -1.23. The van der Waals surface area contributed by atoms with E-state index in [-0.39, 0.29) is 5.78 Å². The van der Waals surface area contributed by atoms with Crippen LogP contribution in [0.15, 0.2) is 24.3 Å². The second-order valence-corrected chi connectivity index (χ2v) is 6.68. The Morgan fingerprint density at radius 3 is 2.62 bits per heavy atom. The smallest absolute Gasteiger partial charge is 0.229 e. The zero-order chi connectivity index (χ0) is 14.5. The molecule has 0 aromatic heterocycles. The predicted molar refractivity (Wildman–Crippen MR) is 73.8 cm³/mol. The number of hydrogen-bond acceptors (Lipinski definition) is 4. The second-order valence-electron chi connectivity index (χ2n) is 6.68. The summed E-state index contributed by atoms with van der Waals surface area (Å²) in [5, 5.41) is 0. The highest BCUT2D eigenvalue weighted by molar-refractivity contribution is 6.09. The summed E-state index contributed by atoms with van der Waals surface area (Å²) in [5.41, 5.74) is 0.205. The van der Waals surface area contributed by atoms with Crippen LogP contribution in [0.4, 0.5) is 0 Å². The van der Waals surface area contributed by atoms with Gasteiger partial charge in [0.15, 0.2) is 17.0 Å². The highest BCUT2D eigenvalue weighted by Gasteiger charge is 2.94. The average Bonchev–Trinajstić information content (AvgIpc) is 2.94. The monoisotopic (exact) mass is 286 g/mol. The summed E-state index contributed by atoms with van der Waals surface area (Å²) in [4.78, 5) is 13.1. The van der Waals surface area contributed by atoms with Gasteiger partial charge in [-0.15, -0.1) is 0 Å². The third-order valence-corrected chi connectivity index (χ3v) is 6.34. The van der Waals surface area contributed by atoms with Crippen LogP contribution >= 0.6 is 0 Å². The fraction of sp³-hybridized carbons (Fsp3) is 0.588. The summed E-state index contributed by atoms with van der Waals surface area (Å²) in [6.07, 6.45) is 3.22. The van der Waals surface area contributed by atoms with Gasteiger partial charge in [-0.2, -0.15) is 0 Å². The largest absolute Gasteiger partial charge is 0.347 e. The Morgan fingerprint density at radius 1 is 1.14 bits per heavy atom. The molecule has 2 saturated carbocycles. The molecule has 1 heterocycles. The molecule has 3 aliphatic carbocycles. The van der Waals surface area contributed by atoms with Gasteiger partial charge >= 0.3 is 0 Å². The fourth-order valence-electron chi connectivity index (χ4n) is 5.68. The SMILES string of the molecule is COC1(OC)c2ccccc2C(=O)[C@@]23O[C@]12[C@H]1CC[C@H]3C1. The van der Waals surface area contributed by atoms with Gasteiger partial charge < -0.3 is 14.2 Å². The molecule has 0 amide bonds. The Kier molecular flexibility index (Phi) is 1.99. The number of epoxide rings is 1. The fourth-order valence-corrected chi connectivity index (χ4v) is 5.68. The van der Waals surface area contributed by atoms with E-state index in [4.69, 9.17) is 14.2 Å². The van der Waals surface area contributed by atoms with E-state index in [0.717, 1.165) is 24.8 Å².